The first kappa shape index (κ1) is 12.0. The molecule has 0 aliphatic heterocycles. The van der Waals surface area contributed by atoms with Crippen molar-refractivity contribution in [1.82, 2.24) is 15.1 Å². The number of carbonyl (C=O) groups is 1. The molecule has 0 bridgehead atoms. The van der Waals surface area contributed by atoms with Gasteiger partial charge in [0.25, 0.3) is 5.91 Å². The molecule has 17 heavy (non-hydrogen) atoms. The van der Waals surface area contributed by atoms with E-state index in [2.05, 4.69) is 17.3 Å². The van der Waals surface area contributed by atoms with Crippen LogP contribution in [-0.2, 0) is 7.05 Å². The number of rotatable bonds is 3. The number of amides is 1. The van der Waals surface area contributed by atoms with Gasteiger partial charge in [0.1, 0.15) is 5.69 Å². The number of hydrogen-bond donors (Lipinski definition) is 2. The standard InChI is InChI=1S/C12H20N4O/c1-8(9-5-3-4-6-9)15-12(17)11-10(13)7-14-16(11)2/h7-9H,3-6,13H2,1-2H3,(H,15,17). The SMILES string of the molecule is CC(NC(=O)c1c(N)cnn1C)C1CCCC1. The Kier molecular flexibility index (Phi) is 3.36. The number of aryl methyl sites for hydroxylation is 1. The predicted octanol–water partition coefficient (Wildman–Crippen LogP) is 1.31. The predicted molar refractivity (Wildman–Crippen MR) is 66.5 cm³/mol. The van der Waals surface area contributed by atoms with Crippen molar-refractivity contribution in [3.63, 3.8) is 0 Å². The van der Waals surface area contributed by atoms with Crippen LogP contribution >= 0.6 is 0 Å². The fourth-order valence-electron chi connectivity index (χ4n) is 2.58. The molecule has 5 nitrogen and oxygen atoms in total. The van der Waals surface area contributed by atoms with E-state index in [1.54, 1.807) is 7.05 Å². The largest absolute Gasteiger partial charge is 0.396 e. The molecule has 1 aliphatic carbocycles. The third-order valence-corrected chi connectivity index (χ3v) is 3.65. The van der Waals surface area contributed by atoms with E-state index < -0.39 is 0 Å². The first-order valence-electron chi connectivity index (χ1n) is 6.18. The molecule has 1 saturated carbocycles. The number of hydrogen-bond acceptors (Lipinski definition) is 3. The van der Waals surface area contributed by atoms with E-state index in [1.165, 1.54) is 36.6 Å². The van der Waals surface area contributed by atoms with Gasteiger partial charge in [0.2, 0.25) is 0 Å². The van der Waals surface area contributed by atoms with Crippen LogP contribution in [0.5, 0.6) is 0 Å². The summed E-state index contributed by atoms with van der Waals surface area (Å²) in [5, 5.41) is 7.00. The maximum atomic E-state index is 12.1. The third-order valence-electron chi connectivity index (χ3n) is 3.65. The van der Waals surface area contributed by atoms with Crippen molar-refractivity contribution in [2.24, 2.45) is 13.0 Å². The Balaban J connectivity index is 2.01. The van der Waals surface area contributed by atoms with E-state index in [-0.39, 0.29) is 11.9 Å². The average Bonchev–Trinajstić information content (AvgIpc) is 2.88. The fourth-order valence-corrected chi connectivity index (χ4v) is 2.58. The van der Waals surface area contributed by atoms with Gasteiger partial charge in [0.15, 0.2) is 0 Å². The molecule has 1 aliphatic rings. The topological polar surface area (TPSA) is 72.9 Å². The zero-order valence-corrected chi connectivity index (χ0v) is 10.4. The highest BCUT2D eigenvalue weighted by Gasteiger charge is 2.24. The highest BCUT2D eigenvalue weighted by atomic mass is 16.2. The zero-order valence-electron chi connectivity index (χ0n) is 10.4. The van der Waals surface area contributed by atoms with Gasteiger partial charge in [-0.05, 0) is 25.7 Å². The molecule has 3 N–H and O–H groups in total. The van der Waals surface area contributed by atoms with Gasteiger partial charge in [-0.15, -0.1) is 0 Å². The second-order valence-electron chi connectivity index (χ2n) is 4.88. The minimum Gasteiger partial charge on any atom is -0.396 e. The molecule has 1 unspecified atom stereocenters. The summed E-state index contributed by atoms with van der Waals surface area (Å²) in [5.74, 6) is 0.482. The van der Waals surface area contributed by atoms with Crippen molar-refractivity contribution in [3.05, 3.63) is 11.9 Å². The lowest BCUT2D eigenvalue weighted by Gasteiger charge is -2.20. The summed E-state index contributed by atoms with van der Waals surface area (Å²) in [7, 11) is 1.73. The van der Waals surface area contributed by atoms with E-state index in [0.29, 0.717) is 17.3 Å². The van der Waals surface area contributed by atoms with Crippen LogP contribution in [0, 0.1) is 5.92 Å². The van der Waals surface area contributed by atoms with Gasteiger partial charge >= 0.3 is 0 Å². The van der Waals surface area contributed by atoms with Gasteiger partial charge in [0.05, 0.1) is 11.9 Å². The molecular formula is C12H20N4O. The van der Waals surface area contributed by atoms with Crippen LogP contribution < -0.4 is 11.1 Å². The molecule has 1 atom stereocenters. The Bertz CT molecular complexity index is 387. The molecule has 2 rings (SSSR count). The number of nitrogens with one attached hydrogen (secondary N) is 1. The monoisotopic (exact) mass is 236 g/mol. The highest BCUT2D eigenvalue weighted by molar-refractivity contribution is 5.97. The summed E-state index contributed by atoms with van der Waals surface area (Å²) in [6.07, 6.45) is 6.48. The maximum absolute atomic E-state index is 12.1. The van der Waals surface area contributed by atoms with Crippen molar-refractivity contribution in [2.45, 2.75) is 38.6 Å². The van der Waals surface area contributed by atoms with Crippen LogP contribution in [0.3, 0.4) is 0 Å². The zero-order chi connectivity index (χ0) is 12.4. The van der Waals surface area contributed by atoms with Gasteiger partial charge in [-0.25, -0.2) is 0 Å². The number of nitrogens with two attached hydrogens (primary N) is 1. The Morgan fingerprint density at radius 1 is 1.59 bits per heavy atom. The van der Waals surface area contributed by atoms with Gasteiger partial charge in [0, 0.05) is 13.1 Å². The Labute approximate surface area is 101 Å². The molecule has 1 heterocycles. The molecular weight excluding hydrogens is 216 g/mol. The summed E-state index contributed by atoms with van der Waals surface area (Å²) >= 11 is 0. The fraction of sp³-hybridized carbons (Fsp3) is 0.667. The van der Waals surface area contributed by atoms with Crippen LogP contribution in [0.15, 0.2) is 6.20 Å². The minimum absolute atomic E-state index is 0.123. The molecule has 1 amide bonds. The van der Waals surface area contributed by atoms with Crippen molar-refractivity contribution in [2.75, 3.05) is 5.73 Å². The van der Waals surface area contributed by atoms with Crippen molar-refractivity contribution in [1.29, 1.82) is 0 Å². The smallest absolute Gasteiger partial charge is 0.271 e. The van der Waals surface area contributed by atoms with Crippen molar-refractivity contribution >= 4 is 11.6 Å². The average molecular weight is 236 g/mol. The van der Waals surface area contributed by atoms with Gasteiger partial charge < -0.3 is 11.1 Å². The molecule has 1 fully saturated rings. The molecule has 5 heteroatoms. The second-order valence-corrected chi connectivity index (χ2v) is 4.88. The van der Waals surface area contributed by atoms with Gasteiger partial charge in [-0.2, -0.15) is 5.10 Å². The summed E-state index contributed by atoms with van der Waals surface area (Å²) in [6, 6.07) is 0.208. The molecule has 1 aromatic rings. The first-order chi connectivity index (χ1) is 8.09. The Morgan fingerprint density at radius 3 is 2.76 bits per heavy atom. The lowest BCUT2D eigenvalue weighted by molar-refractivity contribution is 0.0918. The lowest BCUT2D eigenvalue weighted by atomic mass is 10.00. The normalized spacial score (nSPS) is 18.2. The van der Waals surface area contributed by atoms with E-state index in [4.69, 9.17) is 5.73 Å². The summed E-state index contributed by atoms with van der Waals surface area (Å²) in [4.78, 5) is 12.1. The molecule has 0 aromatic carbocycles. The molecule has 94 valence electrons. The van der Waals surface area contributed by atoms with Crippen LogP contribution in [-0.4, -0.2) is 21.7 Å². The maximum Gasteiger partial charge on any atom is 0.271 e. The number of nitrogens with zero attached hydrogens (tertiary/aromatic N) is 2. The number of aromatic nitrogens is 2. The van der Waals surface area contributed by atoms with Crippen LogP contribution in [0.1, 0.15) is 43.1 Å². The summed E-state index contributed by atoms with van der Waals surface area (Å²) in [6.45, 7) is 2.07. The van der Waals surface area contributed by atoms with Crippen LogP contribution in [0.4, 0.5) is 5.69 Å². The summed E-state index contributed by atoms with van der Waals surface area (Å²) in [5.41, 5.74) is 6.61. The van der Waals surface area contributed by atoms with Crippen LogP contribution in [0.2, 0.25) is 0 Å². The lowest BCUT2D eigenvalue weighted by Crippen LogP contribution is -2.38. The number of nitrogen functional groups attached to an aromatic ring is 1. The van der Waals surface area contributed by atoms with Gasteiger partial charge in [-0.1, -0.05) is 12.8 Å². The first-order valence-corrected chi connectivity index (χ1v) is 6.18. The molecule has 1 aromatic heterocycles. The quantitative estimate of drug-likeness (QED) is 0.831. The molecule has 0 saturated heterocycles. The van der Waals surface area contributed by atoms with E-state index in [0.717, 1.165) is 0 Å². The van der Waals surface area contributed by atoms with Crippen molar-refractivity contribution in [3.8, 4) is 0 Å². The Morgan fingerprint density at radius 2 is 2.24 bits per heavy atom. The highest BCUT2D eigenvalue weighted by Crippen LogP contribution is 2.27. The van der Waals surface area contributed by atoms with E-state index in [9.17, 15) is 4.79 Å². The van der Waals surface area contributed by atoms with Gasteiger partial charge in [-0.3, -0.25) is 9.48 Å². The van der Waals surface area contributed by atoms with E-state index >= 15 is 0 Å². The second kappa shape index (κ2) is 4.77. The van der Waals surface area contributed by atoms with E-state index in [1.807, 2.05) is 0 Å². The minimum atomic E-state index is -0.123. The summed E-state index contributed by atoms with van der Waals surface area (Å²) < 4.78 is 1.52. The van der Waals surface area contributed by atoms with Crippen LogP contribution in [0.25, 0.3) is 0 Å². The third kappa shape index (κ3) is 2.43. The van der Waals surface area contributed by atoms with Crippen molar-refractivity contribution < 1.29 is 4.79 Å². The Hall–Kier alpha value is -1.52. The molecule has 0 radical (unpaired) electrons. The molecule has 0 spiro atoms. The number of anilines is 1. The number of carbonyl (C=O) groups excluding carboxylic acids is 1.